The second kappa shape index (κ2) is 5.48. The molecule has 2 heteroatoms. The van der Waals surface area contributed by atoms with Crippen molar-refractivity contribution in [2.24, 2.45) is 0 Å². The number of hydrogen-bond donors (Lipinski definition) is 1. The molecule has 0 aliphatic heterocycles. The largest absolute Gasteiger partial charge is 0.313 e. The smallest absolute Gasteiger partial charge is 0.0991 e. The molecule has 0 aliphatic rings. The molecule has 2 nitrogen and oxygen atoms in total. The Hall–Kier alpha value is -2.11. The van der Waals surface area contributed by atoms with Crippen molar-refractivity contribution in [1.29, 1.82) is 5.26 Å². The highest BCUT2D eigenvalue weighted by Gasteiger charge is 2.04. The average Bonchev–Trinajstić information content (AvgIpc) is 2.46. The van der Waals surface area contributed by atoms with Crippen molar-refractivity contribution < 1.29 is 0 Å². The molecule has 0 heterocycles. The number of nitrogens with one attached hydrogen (secondary N) is 1. The number of hydrogen-bond acceptors (Lipinski definition) is 2. The lowest BCUT2D eigenvalue weighted by atomic mass is 9.99. The Morgan fingerprint density at radius 3 is 2.39 bits per heavy atom. The molecule has 0 radical (unpaired) electrons. The van der Waals surface area contributed by atoms with Crippen LogP contribution in [-0.2, 0) is 0 Å². The van der Waals surface area contributed by atoms with Crippen LogP contribution in [0.4, 0.5) is 0 Å². The number of rotatable bonds is 3. The maximum absolute atomic E-state index is 8.93. The lowest BCUT2D eigenvalue weighted by molar-refractivity contribution is 0.652. The topological polar surface area (TPSA) is 35.8 Å². The first-order chi connectivity index (χ1) is 8.74. The third-order valence-corrected chi connectivity index (χ3v) is 3.14. The molecule has 0 saturated heterocycles. The van der Waals surface area contributed by atoms with Gasteiger partial charge in [0.05, 0.1) is 11.6 Å². The highest BCUT2D eigenvalue weighted by Crippen LogP contribution is 2.23. The summed E-state index contributed by atoms with van der Waals surface area (Å²) in [7, 11) is 1.95. The van der Waals surface area contributed by atoms with Crippen molar-refractivity contribution in [2.45, 2.75) is 13.0 Å². The highest BCUT2D eigenvalue weighted by atomic mass is 14.8. The van der Waals surface area contributed by atoms with Crippen LogP contribution in [0.3, 0.4) is 0 Å². The van der Waals surface area contributed by atoms with E-state index in [4.69, 9.17) is 5.26 Å². The number of nitrogens with zero attached hydrogens (tertiary/aromatic N) is 1. The van der Waals surface area contributed by atoms with Gasteiger partial charge in [0.25, 0.3) is 0 Å². The molecule has 1 unspecified atom stereocenters. The Kier molecular flexibility index (Phi) is 3.76. The SMILES string of the molecule is CNC(C)c1cccc(-c2cccc(C#N)c2)c1. The first kappa shape index (κ1) is 12.3. The van der Waals surface area contributed by atoms with E-state index in [9.17, 15) is 0 Å². The van der Waals surface area contributed by atoms with Crippen LogP contribution in [0.2, 0.25) is 0 Å². The molecule has 90 valence electrons. The monoisotopic (exact) mass is 236 g/mol. The van der Waals surface area contributed by atoms with E-state index >= 15 is 0 Å². The Morgan fingerprint density at radius 2 is 1.72 bits per heavy atom. The minimum atomic E-state index is 0.323. The molecular formula is C16H16N2. The lowest BCUT2D eigenvalue weighted by Gasteiger charge is -2.12. The van der Waals surface area contributed by atoms with E-state index in [1.165, 1.54) is 5.56 Å². The first-order valence-corrected chi connectivity index (χ1v) is 6.02. The van der Waals surface area contributed by atoms with Gasteiger partial charge in [0.1, 0.15) is 0 Å². The van der Waals surface area contributed by atoms with E-state index in [-0.39, 0.29) is 0 Å². The lowest BCUT2D eigenvalue weighted by Crippen LogP contribution is -2.12. The molecular weight excluding hydrogens is 220 g/mol. The van der Waals surface area contributed by atoms with Crippen molar-refractivity contribution in [2.75, 3.05) is 7.05 Å². The molecule has 1 atom stereocenters. The fraction of sp³-hybridized carbons (Fsp3) is 0.188. The standard InChI is InChI=1S/C16H16N2/c1-12(18-2)14-6-4-8-16(10-14)15-7-3-5-13(9-15)11-17/h3-10,12,18H,1-2H3. The second-order valence-corrected chi connectivity index (χ2v) is 4.33. The number of nitriles is 1. The second-order valence-electron chi connectivity index (χ2n) is 4.33. The fourth-order valence-electron chi connectivity index (χ4n) is 1.92. The Balaban J connectivity index is 2.41. The predicted octanol–water partition coefficient (Wildman–Crippen LogP) is 3.51. The van der Waals surface area contributed by atoms with Gasteiger partial charge in [-0.05, 0) is 48.9 Å². The van der Waals surface area contributed by atoms with E-state index in [0.717, 1.165) is 11.1 Å². The van der Waals surface area contributed by atoms with Crippen molar-refractivity contribution >= 4 is 0 Å². The Labute approximate surface area is 108 Å². The zero-order chi connectivity index (χ0) is 13.0. The van der Waals surface area contributed by atoms with Crippen LogP contribution in [0.15, 0.2) is 48.5 Å². The summed E-state index contributed by atoms with van der Waals surface area (Å²) in [6.45, 7) is 2.13. The molecule has 18 heavy (non-hydrogen) atoms. The molecule has 2 aromatic carbocycles. The van der Waals surface area contributed by atoms with Crippen LogP contribution in [0.1, 0.15) is 24.1 Å². The van der Waals surface area contributed by atoms with Crippen LogP contribution in [0.25, 0.3) is 11.1 Å². The van der Waals surface area contributed by atoms with E-state index < -0.39 is 0 Å². The minimum absolute atomic E-state index is 0.323. The molecule has 2 rings (SSSR count). The normalized spacial score (nSPS) is 11.8. The van der Waals surface area contributed by atoms with Crippen molar-refractivity contribution in [3.8, 4) is 17.2 Å². The maximum atomic E-state index is 8.93. The molecule has 0 bridgehead atoms. The van der Waals surface area contributed by atoms with Gasteiger partial charge in [0.15, 0.2) is 0 Å². The summed E-state index contributed by atoms with van der Waals surface area (Å²) >= 11 is 0. The summed E-state index contributed by atoms with van der Waals surface area (Å²) in [6.07, 6.45) is 0. The molecule has 2 aromatic rings. The molecule has 0 spiro atoms. The summed E-state index contributed by atoms with van der Waals surface area (Å²) in [5.41, 5.74) is 4.17. The van der Waals surface area contributed by atoms with Crippen LogP contribution >= 0.6 is 0 Å². The molecule has 0 fully saturated rings. The average molecular weight is 236 g/mol. The molecule has 0 amide bonds. The fourth-order valence-corrected chi connectivity index (χ4v) is 1.92. The van der Waals surface area contributed by atoms with Crippen LogP contribution in [0.5, 0.6) is 0 Å². The van der Waals surface area contributed by atoms with Crippen molar-refractivity contribution in [3.05, 3.63) is 59.7 Å². The van der Waals surface area contributed by atoms with E-state index in [2.05, 4.69) is 42.6 Å². The molecule has 0 aromatic heterocycles. The zero-order valence-electron chi connectivity index (χ0n) is 10.6. The van der Waals surface area contributed by atoms with Crippen molar-refractivity contribution in [3.63, 3.8) is 0 Å². The zero-order valence-corrected chi connectivity index (χ0v) is 10.6. The van der Waals surface area contributed by atoms with E-state index in [1.54, 1.807) is 0 Å². The summed E-state index contributed by atoms with van der Waals surface area (Å²) in [4.78, 5) is 0. The molecule has 1 N–H and O–H groups in total. The van der Waals surface area contributed by atoms with Gasteiger partial charge in [0, 0.05) is 6.04 Å². The maximum Gasteiger partial charge on any atom is 0.0991 e. The van der Waals surface area contributed by atoms with Crippen LogP contribution in [0, 0.1) is 11.3 Å². The third-order valence-electron chi connectivity index (χ3n) is 3.14. The summed E-state index contributed by atoms with van der Waals surface area (Å²) < 4.78 is 0. The van der Waals surface area contributed by atoms with Gasteiger partial charge in [-0.25, -0.2) is 0 Å². The highest BCUT2D eigenvalue weighted by molar-refractivity contribution is 5.66. The predicted molar refractivity (Wildman–Crippen MR) is 74.1 cm³/mol. The first-order valence-electron chi connectivity index (χ1n) is 6.02. The van der Waals surface area contributed by atoms with E-state index in [0.29, 0.717) is 11.6 Å². The van der Waals surface area contributed by atoms with Crippen LogP contribution in [-0.4, -0.2) is 7.05 Å². The summed E-state index contributed by atoms with van der Waals surface area (Å²) in [6, 6.07) is 18.6. The van der Waals surface area contributed by atoms with Gasteiger partial charge < -0.3 is 5.32 Å². The quantitative estimate of drug-likeness (QED) is 0.885. The molecule has 0 saturated carbocycles. The summed E-state index contributed by atoms with van der Waals surface area (Å²) in [5, 5.41) is 12.2. The van der Waals surface area contributed by atoms with Gasteiger partial charge in [-0.1, -0.05) is 30.3 Å². The van der Waals surface area contributed by atoms with Gasteiger partial charge in [-0.3, -0.25) is 0 Å². The van der Waals surface area contributed by atoms with Gasteiger partial charge in [0.2, 0.25) is 0 Å². The summed E-state index contributed by atoms with van der Waals surface area (Å²) in [5.74, 6) is 0. The Bertz CT molecular complexity index is 582. The van der Waals surface area contributed by atoms with E-state index in [1.807, 2.05) is 31.3 Å². The minimum Gasteiger partial charge on any atom is -0.313 e. The van der Waals surface area contributed by atoms with Gasteiger partial charge >= 0.3 is 0 Å². The molecule has 0 aliphatic carbocycles. The Morgan fingerprint density at radius 1 is 1.06 bits per heavy atom. The van der Waals surface area contributed by atoms with Gasteiger partial charge in [-0.2, -0.15) is 5.26 Å². The van der Waals surface area contributed by atoms with Crippen molar-refractivity contribution in [1.82, 2.24) is 5.32 Å². The van der Waals surface area contributed by atoms with Crippen LogP contribution < -0.4 is 5.32 Å². The number of benzene rings is 2. The third kappa shape index (κ3) is 2.58. The van der Waals surface area contributed by atoms with Gasteiger partial charge in [-0.15, -0.1) is 0 Å².